The first kappa shape index (κ1) is 17.9. The Morgan fingerprint density at radius 3 is 2.42 bits per heavy atom. The van der Waals surface area contributed by atoms with Gasteiger partial charge in [-0.25, -0.2) is 17.5 Å². The lowest BCUT2D eigenvalue weighted by Gasteiger charge is -2.11. The van der Waals surface area contributed by atoms with Crippen molar-refractivity contribution in [1.82, 2.24) is 10.0 Å². The Bertz CT molecular complexity index is 836. The van der Waals surface area contributed by atoms with Gasteiger partial charge in [-0.1, -0.05) is 12.1 Å². The standard InChI is InChI=1S/C16H17FN2O4S/c1-18-24(21,22)15-9-12(5-8-14(15)23-2)16(20)19-10-11-3-6-13(17)7-4-11/h3-9,18H,10H2,1-2H3,(H,19,20). The first-order valence-electron chi connectivity index (χ1n) is 7.01. The lowest BCUT2D eigenvalue weighted by molar-refractivity contribution is 0.0950. The molecule has 0 spiro atoms. The van der Waals surface area contributed by atoms with Gasteiger partial charge >= 0.3 is 0 Å². The molecule has 24 heavy (non-hydrogen) atoms. The van der Waals surface area contributed by atoms with E-state index in [0.717, 1.165) is 5.56 Å². The smallest absolute Gasteiger partial charge is 0.251 e. The van der Waals surface area contributed by atoms with Gasteiger partial charge in [0.25, 0.3) is 5.91 Å². The van der Waals surface area contributed by atoms with E-state index in [4.69, 9.17) is 4.74 Å². The van der Waals surface area contributed by atoms with Gasteiger partial charge < -0.3 is 10.1 Å². The molecule has 2 N–H and O–H groups in total. The quantitative estimate of drug-likeness (QED) is 0.828. The maximum Gasteiger partial charge on any atom is 0.251 e. The summed E-state index contributed by atoms with van der Waals surface area (Å²) in [4.78, 5) is 12.1. The van der Waals surface area contributed by atoms with E-state index in [0.29, 0.717) is 0 Å². The molecule has 0 saturated heterocycles. The van der Waals surface area contributed by atoms with Crippen molar-refractivity contribution in [2.45, 2.75) is 11.4 Å². The van der Waals surface area contributed by atoms with Gasteiger partial charge in [-0.3, -0.25) is 4.79 Å². The zero-order chi connectivity index (χ0) is 17.7. The maximum atomic E-state index is 12.8. The van der Waals surface area contributed by atoms with Crippen molar-refractivity contribution in [2.24, 2.45) is 0 Å². The van der Waals surface area contributed by atoms with Gasteiger partial charge in [0.15, 0.2) is 0 Å². The summed E-state index contributed by atoms with van der Waals surface area (Å²) in [5.41, 5.74) is 0.896. The third-order valence-corrected chi connectivity index (χ3v) is 4.79. The van der Waals surface area contributed by atoms with Crippen molar-refractivity contribution in [3.8, 4) is 5.75 Å². The first-order valence-corrected chi connectivity index (χ1v) is 8.50. The molecule has 6 nitrogen and oxygen atoms in total. The van der Waals surface area contributed by atoms with Crippen LogP contribution in [0.3, 0.4) is 0 Å². The lowest BCUT2D eigenvalue weighted by atomic mass is 10.2. The van der Waals surface area contributed by atoms with Gasteiger partial charge in [0.1, 0.15) is 16.5 Å². The largest absolute Gasteiger partial charge is 0.495 e. The minimum atomic E-state index is -3.77. The fraction of sp³-hybridized carbons (Fsp3) is 0.188. The van der Waals surface area contributed by atoms with Gasteiger partial charge in [-0.2, -0.15) is 0 Å². The summed E-state index contributed by atoms with van der Waals surface area (Å²) in [6.07, 6.45) is 0. The first-order chi connectivity index (χ1) is 11.4. The number of hydrogen-bond acceptors (Lipinski definition) is 4. The molecule has 0 aliphatic heterocycles. The molecule has 8 heteroatoms. The number of ether oxygens (including phenoxy) is 1. The number of rotatable bonds is 6. The van der Waals surface area contributed by atoms with Crippen molar-refractivity contribution in [3.63, 3.8) is 0 Å². The molecule has 128 valence electrons. The second kappa shape index (κ2) is 7.41. The summed E-state index contributed by atoms with van der Waals surface area (Å²) in [6.45, 7) is 0.194. The highest BCUT2D eigenvalue weighted by molar-refractivity contribution is 7.89. The van der Waals surface area contributed by atoms with E-state index in [-0.39, 0.29) is 28.6 Å². The van der Waals surface area contributed by atoms with Crippen LogP contribution in [0.2, 0.25) is 0 Å². The minimum Gasteiger partial charge on any atom is -0.495 e. The zero-order valence-electron chi connectivity index (χ0n) is 13.2. The van der Waals surface area contributed by atoms with Gasteiger partial charge in [-0.15, -0.1) is 0 Å². The van der Waals surface area contributed by atoms with Gasteiger partial charge in [0, 0.05) is 12.1 Å². The average Bonchev–Trinajstić information content (AvgIpc) is 2.60. The number of carbonyl (C=O) groups excluding carboxylic acids is 1. The number of methoxy groups -OCH3 is 1. The molecule has 0 fully saturated rings. The van der Waals surface area contributed by atoms with Crippen LogP contribution in [0.5, 0.6) is 5.75 Å². The van der Waals surface area contributed by atoms with E-state index in [9.17, 15) is 17.6 Å². The predicted octanol–water partition coefficient (Wildman–Crippen LogP) is 1.67. The van der Waals surface area contributed by atoms with E-state index in [1.165, 1.54) is 44.5 Å². The molecule has 0 aliphatic rings. The van der Waals surface area contributed by atoms with E-state index in [1.54, 1.807) is 12.1 Å². The number of nitrogens with one attached hydrogen (secondary N) is 2. The molecule has 2 aromatic carbocycles. The molecule has 0 bridgehead atoms. The maximum absolute atomic E-state index is 12.8. The Morgan fingerprint density at radius 2 is 1.83 bits per heavy atom. The normalized spacial score (nSPS) is 11.1. The summed E-state index contributed by atoms with van der Waals surface area (Å²) in [7, 11) is -1.15. The third-order valence-electron chi connectivity index (χ3n) is 3.35. The molecule has 0 atom stereocenters. The molecule has 0 radical (unpaired) electrons. The molecule has 2 rings (SSSR count). The van der Waals surface area contributed by atoms with Crippen molar-refractivity contribution in [2.75, 3.05) is 14.2 Å². The van der Waals surface area contributed by atoms with Crippen LogP contribution in [0.15, 0.2) is 47.4 Å². The van der Waals surface area contributed by atoms with E-state index in [1.807, 2.05) is 0 Å². The van der Waals surface area contributed by atoms with Crippen molar-refractivity contribution in [1.29, 1.82) is 0 Å². The van der Waals surface area contributed by atoms with Crippen LogP contribution in [0.1, 0.15) is 15.9 Å². The second-order valence-corrected chi connectivity index (χ2v) is 6.74. The molecule has 1 amide bonds. The molecule has 0 saturated carbocycles. The Balaban J connectivity index is 2.20. The Kier molecular flexibility index (Phi) is 5.53. The topological polar surface area (TPSA) is 84.5 Å². The molecule has 0 aliphatic carbocycles. The fourth-order valence-electron chi connectivity index (χ4n) is 2.02. The van der Waals surface area contributed by atoms with Crippen LogP contribution in [0.25, 0.3) is 0 Å². The molecular weight excluding hydrogens is 335 g/mol. The Labute approximate surface area is 139 Å². The molecule has 2 aromatic rings. The predicted molar refractivity (Wildman–Crippen MR) is 86.8 cm³/mol. The minimum absolute atomic E-state index is 0.123. The highest BCUT2D eigenvalue weighted by Gasteiger charge is 2.20. The summed E-state index contributed by atoms with van der Waals surface area (Å²) in [6, 6.07) is 9.83. The second-order valence-electron chi connectivity index (χ2n) is 4.88. The molecule has 0 unspecified atom stereocenters. The fourth-order valence-corrected chi connectivity index (χ4v) is 2.94. The van der Waals surface area contributed by atoms with Crippen LogP contribution >= 0.6 is 0 Å². The SMILES string of the molecule is CNS(=O)(=O)c1cc(C(=O)NCc2ccc(F)cc2)ccc1OC. The van der Waals surface area contributed by atoms with Crippen LogP contribution in [-0.2, 0) is 16.6 Å². The van der Waals surface area contributed by atoms with Crippen LogP contribution in [-0.4, -0.2) is 28.5 Å². The number of amides is 1. The number of halogens is 1. The molecule has 0 heterocycles. The monoisotopic (exact) mass is 352 g/mol. The van der Waals surface area contributed by atoms with Gasteiger partial charge in [0.2, 0.25) is 10.0 Å². The molecular formula is C16H17FN2O4S. The van der Waals surface area contributed by atoms with Crippen LogP contribution in [0, 0.1) is 5.82 Å². The number of benzene rings is 2. The van der Waals surface area contributed by atoms with E-state index in [2.05, 4.69) is 10.0 Å². The molecule has 0 aromatic heterocycles. The van der Waals surface area contributed by atoms with Gasteiger partial charge in [-0.05, 0) is 42.9 Å². The lowest BCUT2D eigenvalue weighted by Crippen LogP contribution is -2.24. The summed E-state index contributed by atoms with van der Waals surface area (Å²) in [5, 5.41) is 2.65. The summed E-state index contributed by atoms with van der Waals surface area (Å²) in [5.74, 6) is -0.670. The number of hydrogen-bond donors (Lipinski definition) is 2. The summed E-state index contributed by atoms with van der Waals surface area (Å²) < 4.78 is 44.1. The van der Waals surface area contributed by atoms with E-state index >= 15 is 0 Å². The van der Waals surface area contributed by atoms with Crippen LogP contribution < -0.4 is 14.8 Å². The van der Waals surface area contributed by atoms with Crippen molar-refractivity contribution >= 4 is 15.9 Å². The highest BCUT2D eigenvalue weighted by atomic mass is 32.2. The van der Waals surface area contributed by atoms with Gasteiger partial charge in [0.05, 0.1) is 7.11 Å². The zero-order valence-corrected chi connectivity index (χ0v) is 14.0. The Morgan fingerprint density at radius 1 is 1.17 bits per heavy atom. The number of carbonyl (C=O) groups is 1. The van der Waals surface area contributed by atoms with E-state index < -0.39 is 15.9 Å². The average molecular weight is 352 g/mol. The summed E-state index contributed by atoms with van der Waals surface area (Å²) >= 11 is 0. The van der Waals surface area contributed by atoms with Crippen LogP contribution in [0.4, 0.5) is 4.39 Å². The third kappa shape index (κ3) is 4.09. The Hall–Kier alpha value is -2.45. The van der Waals surface area contributed by atoms with Crippen molar-refractivity contribution < 1.29 is 22.3 Å². The number of sulfonamides is 1. The highest BCUT2D eigenvalue weighted by Crippen LogP contribution is 2.24. The van der Waals surface area contributed by atoms with Crippen molar-refractivity contribution in [3.05, 3.63) is 59.4 Å².